The Morgan fingerprint density at radius 3 is 0.811 bits per heavy atom. The molecule has 0 radical (unpaired) electrons. The second kappa shape index (κ2) is 10.5. The van der Waals surface area contributed by atoms with Crippen LogP contribution < -0.4 is 0 Å². The number of hydrogen-bond acceptors (Lipinski definition) is 12. The average molecular weight is 665 g/mol. The first-order chi connectivity index (χ1) is 17.3. The van der Waals surface area contributed by atoms with Crippen LogP contribution in [0.3, 0.4) is 0 Å². The van der Waals surface area contributed by atoms with Crippen LogP contribution in [0.25, 0.3) is 0 Å². The number of fused-ring (bicyclic) bond motifs is 4. The highest BCUT2D eigenvalue weighted by Gasteiger charge is 2.77. The van der Waals surface area contributed by atoms with E-state index < -0.39 is 70.2 Å². The Labute approximate surface area is 229 Å². The fraction of sp³-hybridized carbons (Fsp3) is 1.00. The van der Waals surface area contributed by atoms with E-state index >= 15 is 0 Å². The lowest BCUT2D eigenvalue weighted by Crippen LogP contribution is -2.84. The zero-order valence-electron chi connectivity index (χ0n) is 23.6. The van der Waals surface area contributed by atoms with Crippen LogP contribution in [0, 0.1) is 0 Å². The first-order valence-electron chi connectivity index (χ1n) is 13.7. The summed E-state index contributed by atoms with van der Waals surface area (Å²) in [6, 6.07) is 3.30. The quantitative estimate of drug-likeness (QED) is 0.377. The first-order valence-corrected chi connectivity index (χ1v) is 29.8. The van der Waals surface area contributed by atoms with Crippen molar-refractivity contribution in [1.29, 1.82) is 0 Å². The van der Waals surface area contributed by atoms with Crippen LogP contribution in [0.1, 0.15) is 55.4 Å². The molecular weight excluding hydrogens is 621 g/mol. The van der Waals surface area contributed by atoms with Crippen molar-refractivity contribution in [3.05, 3.63) is 0 Å². The SMILES string of the molecule is CC[Si]1(C)O[Si]2(CC)O[Si]3(CC)O[Si](O)(CC)O[Si]4(CC)O[Si](CC)(O1)O[Si](CC)(O2)O[Si](CC)(O3)O4. The summed E-state index contributed by atoms with van der Waals surface area (Å²) in [5, 5.41) is 0. The molecule has 12 nitrogen and oxygen atoms in total. The van der Waals surface area contributed by atoms with Gasteiger partial charge >= 0.3 is 70.2 Å². The Bertz CT molecular complexity index is 740. The minimum absolute atomic E-state index is 0.233. The molecule has 0 aromatic carbocycles. The molecule has 1 N–H and O–H groups in total. The van der Waals surface area contributed by atoms with Gasteiger partial charge in [-0.15, -0.1) is 0 Å². The molecule has 4 unspecified atom stereocenters. The van der Waals surface area contributed by atoms with Gasteiger partial charge in [0.15, 0.2) is 0 Å². The second-order valence-electron chi connectivity index (χ2n) is 9.90. The molecule has 37 heavy (non-hydrogen) atoms. The van der Waals surface area contributed by atoms with Gasteiger partial charge in [0.2, 0.25) is 0 Å². The molecule has 0 saturated carbocycles. The minimum atomic E-state index is -3.90. The van der Waals surface area contributed by atoms with Gasteiger partial charge in [0.05, 0.1) is 0 Å². The van der Waals surface area contributed by atoms with Crippen molar-refractivity contribution in [2.24, 2.45) is 0 Å². The molecule has 4 aliphatic heterocycles. The zero-order valence-corrected chi connectivity index (χ0v) is 31.6. The van der Waals surface area contributed by atoms with Crippen molar-refractivity contribution >= 4 is 70.2 Å². The molecule has 20 heteroatoms. The summed E-state index contributed by atoms with van der Waals surface area (Å²) in [5.74, 6) is 0. The van der Waals surface area contributed by atoms with Gasteiger partial charge in [-0.3, -0.25) is 0 Å². The highest BCUT2D eigenvalue weighted by atomic mass is 28.6. The summed E-state index contributed by atoms with van der Waals surface area (Å²) >= 11 is 0. The van der Waals surface area contributed by atoms with Crippen LogP contribution in [0.4, 0.5) is 0 Å². The van der Waals surface area contributed by atoms with E-state index in [0.29, 0.717) is 42.3 Å². The third kappa shape index (κ3) is 5.56. The van der Waals surface area contributed by atoms with Crippen LogP contribution in [0.15, 0.2) is 0 Å². The summed E-state index contributed by atoms with van der Waals surface area (Å²) in [6.45, 7) is 17.6. The van der Waals surface area contributed by atoms with E-state index in [1.165, 1.54) is 0 Å². The smallest absolute Gasteiger partial charge is 0.394 e. The van der Waals surface area contributed by atoms with Crippen molar-refractivity contribution in [2.75, 3.05) is 0 Å². The van der Waals surface area contributed by atoms with Crippen LogP contribution >= 0.6 is 0 Å². The Balaban J connectivity index is 2.08. The molecule has 0 amide bonds. The van der Waals surface area contributed by atoms with Gasteiger partial charge in [-0.2, -0.15) is 0 Å². The molecule has 6 bridgehead atoms. The Hall–Kier alpha value is 1.26. The summed E-state index contributed by atoms with van der Waals surface area (Å²) < 4.78 is 76.0. The molecule has 0 aliphatic carbocycles. The van der Waals surface area contributed by atoms with Crippen LogP contribution in [0.5, 0.6) is 0 Å². The highest BCUT2D eigenvalue weighted by Crippen LogP contribution is 2.49. The Kier molecular flexibility index (Phi) is 8.86. The molecule has 216 valence electrons. The monoisotopic (exact) mass is 664 g/mol. The molecule has 4 heterocycles. The largest absolute Gasteiger partial charge is 0.483 e. The molecule has 0 aromatic rings. The molecule has 4 aliphatic rings. The third-order valence-electron chi connectivity index (χ3n) is 7.24. The van der Waals surface area contributed by atoms with E-state index in [0.717, 1.165) is 0 Å². The maximum Gasteiger partial charge on any atom is 0.483 e. The predicted octanol–water partition coefficient (Wildman–Crippen LogP) is 4.02. The topological polar surface area (TPSA) is 122 Å². The van der Waals surface area contributed by atoms with Gasteiger partial charge in [-0.1, -0.05) is 55.4 Å². The second-order valence-corrected chi connectivity index (χ2v) is 36.4. The van der Waals surface area contributed by atoms with Gasteiger partial charge in [-0.05, 0) is 12.6 Å². The number of rotatable bonds is 8. The van der Waals surface area contributed by atoms with Crippen molar-refractivity contribution in [3.63, 3.8) is 0 Å². The fourth-order valence-electron chi connectivity index (χ4n) is 4.81. The van der Waals surface area contributed by atoms with E-state index in [1.807, 2.05) is 61.9 Å². The lowest BCUT2D eigenvalue weighted by molar-refractivity contribution is 0.000439. The van der Waals surface area contributed by atoms with E-state index in [9.17, 15) is 4.80 Å². The van der Waals surface area contributed by atoms with Crippen LogP contribution in [0.2, 0.25) is 54.9 Å². The molecular formula is C17H44O12Si8. The van der Waals surface area contributed by atoms with Gasteiger partial charge in [0, 0.05) is 42.3 Å². The molecule has 4 fully saturated rings. The summed E-state index contributed by atoms with van der Waals surface area (Å²) in [6.07, 6.45) is 0. The zero-order chi connectivity index (χ0) is 27.4. The summed E-state index contributed by atoms with van der Waals surface area (Å²) in [4.78, 5) is 11.8. The van der Waals surface area contributed by atoms with Gasteiger partial charge in [-0.25, -0.2) is 0 Å². The lowest BCUT2D eigenvalue weighted by atomic mass is 11.0. The minimum Gasteiger partial charge on any atom is -0.394 e. The Morgan fingerprint density at radius 1 is 0.351 bits per heavy atom. The maximum atomic E-state index is 11.8. The predicted molar refractivity (Wildman–Crippen MR) is 150 cm³/mol. The van der Waals surface area contributed by atoms with Gasteiger partial charge in [0.25, 0.3) is 0 Å². The standard InChI is InChI=1S/C17H44O12Si8/c1-10-30(9)19-32(12-3)23-34(14-5)21-31(18,11-2)22-35(15-6)24-33(13-4,20-30)26-36(16-7,25-32)29-37(17-8,27-34)28-35/h18H,10-17H2,1-9H3. The third-order valence-corrected chi connectivity index (χ3v) is 43.0. The highest BCUT2D eigenvalue weighted by molar-refractivity contribution is 7.01. The van der Waals surface area contributed by atoms with Crippen molar-refractivity contribution in [1.82, 2.24) is 0 Å². The lowest BCUT2D eigenvalue weighted by Gasteiger charge is -2.60. The molecule has 4 saturated heterocycles. The van der Waals surface area contributed by atoms with E-state index in [1.54, 1.807) is 0 Å². The van der Waals surface area contributed by atoms with Crippen molar-refractivity contribution in [3.8, 4) is 0 Å². The van der Waals surface area contributed by atoms with E-state index in [4.69, 9.17) is 45.3 Å². The van der Waals surface area contributed by atoms with E-state index in [-0.39, 0.29) is 6.04 Å². The van der Waals surface area contributed by atoms with Crippen LogP contribution in [-0.2, 0) is 45.3 Å². The first kappa shape index (κ1) is 31.2. The van der Waals surface area contributed by atoms with Gasteiger partial charge in [0.1, 0.15) is 0 Å². The van der Waals surface area contributed by atoms with Crippen molar-refractivity contribution in [2.45, 2.75) is 110 Å². The molecule has 0 aromatic heterocycles. The van der Waals surface area contributed by atoms with Gasteiger partial charge < -0.3 is 50.1 Å². The normalized spacial score (nSPS) is 52.1. The van der Waals surface area contributed by atoms with Crippen LogP contribution in [-0.4, -0.2) is 75.0 Å². The molecule has 4 rings (SSSR count). The number of hydrogen-bond donors (Lipinski definition) is 1. The maximum absolute atomic E-state index is 11.8. The van der Waals surface area contributed by atoms with E-state index in [2.05, 4.69) is 0 Å². The average Bonchev–Trinajstić information content (AvgIpc) is 2.84. The Morgan fingerprint density at radius 2 is 0.595 bits per heavy atom. The molecule has 0 spiro atoms. The fourth-order valence-corrected chi connectivity index (χ4v) is 50.8. The van der Waals surface area contributed by atoms with Crippen molar-refractivity contribution < 1.29 is 50.1 Å². The summed E-state index contributed by atoms with van der Waals surface area (Å²) in [5.41, 5.74) is 0. The summed E-state index contributed by atoms with van der Waals surface area (Å²) in [7, 11) is -28.6. The molecule has 4 atom stereocenters.